The molecule has 3 aromatic heterocycles. The van der Waals surface area contributed by atoms with Crippen molar-refractivity contribution in [2.75, 3.05) is 11.9 Å². The zero-order valence-electron chi connectivity index (χ0n) is 14.7. The molecular formula is C18H24N6. The van der Waals surface area contributed by atoms with Crippen LogP contribution in [0.3, 0.4) is 0 Å². The molecule has 0 fully saturated rings. The normalized spacial score (nSPS) is 11.4. The Morgan fingerprint density at radius 2 is 2.04 bits per heavy atom. The Hall–Kier alpha value is -2.50. The molecule has 0 saturated carbocycles. The van der Waals surface area contributed by atoms with Crippen molar-refractivity contribution >= 4 is 16.9 Å². The fourth-order valence-corrected chi connectivity index (χ4v) is 2.71. The van der Waals surface area contributed by atoms with E-state index >= 15 is 0 Å². The van der Waals surface area contributed by atoms with Crippen LogP contribution in [0.5, 0.6) is 0 Å². The highest BCUT2D eigenvalue weighted by Crippen LogP contribution is 2.25. The van der Waals surface area contributed by atoms with E-state index in [1.807, 2.05) is 36.0 Å². The van der Waals surface area contributed by atoms with E-state index in [-0.39, 0.29) is 5.92 Å². The lowest BCUT2D eigenvalue weighted by Gasteiger charge is -2.12. The number of rotatable bonds is 6. The minimum atomic E-state index is 0.273. The molecular weight excluding hydrogens is 300 g/mol. The molecule has 0 spiro atoms. The number of aromatic nitrogens is 5. The van der Waals surface area contributed by atoms with Gasteiger partial charge < -0.3 is 5.32 Å². The third kappa shape index (κ3) is 3.22. The van der Waals surface area contributed by atoms with Crippen LogP contribution < -0.4 is 5.32 Å². The van der Waals surface area contributed by atoms with Gasteiger partial charge in [0.15, 0.2) is 5.82 Å². The van der Waals surface area contributed by atoms with Gasteiger partial charge in [-0.15, -0.1) is 0 Å². The van der Waals surface area contributed by atoms with Crippen molar-refractivity contribution in [2.24, 2.45) is 0 Å². The molecule has 0 aromatic carbocycles. The number of pyridine rings is 1. The average molecular weight is 324 g/mol. The van der Waals surface area contributed by atoms with Crippen molar-refractivity contribution in [1.82, 2.24) is 24.7 Å². The Morgan fingerprint density at radius 3 is 2.71 bits per heavy atom. The quantitative estimate of drug-likeness (QED) is 0.753. The lowest BCUT2D eigenvalue weighted by atomic mass is 10.2. The molecule has 0 aliphatic heterocycles. The highest BCUT2D eigenvalue weighted by atomic mass is 15.3. The molecule has 0 saturated heterocycles. The number of nitrogens with zero attached hydrogens (tertiary/aromatic N) is 5. The van der Waals surface area contributed by atoms with Crippen LogP contribution >= 0.6 is 0 Å². The Balaban J connectivity index is 1.92. The van der Waals surface area contributed by atoms with E-state index in [1.54, 1.807) is 0 Å². The second-order valence-electron chi connectivity index (χ2n) is 6.18. The van der Waals surface area contributed by atoms with Crippen LogP contribution in [0, 0.1) is 6.92 Å². The summed E-state index contributed by atoms with van der Waals surface area (Å²) in [7, 11) is 0. The molecule has 0 aliphatic rings. The summed E-state index contributed by atoms with van der Waals surface area (Å²) in [5, 5.41) is 8.06. The Kier molecular flexibility index (Phi) is 4.74. The number of hydrogen-bond donors (Lipinski definition) is 1. The van der Waals surface area contributed by atoms with E-state index in [1.165, 1.54) is 0 Å². The monoisotopic (exact) mass is 324 g/mol. The van der Waals surface area contributed by atoms with Gasteiger partial charge in [-0.25, -0.2) is 9.97 Å². The zero-order valence-corrected chi connectivity index (χ0v) is 14.7. The average Bonchev–Trinajstić information content (AvgIpc) is 2.92. The van der Waals surface area contributed by atoms with Crippen LogP contribution in [0.15, 0.2) is 24.4 Å². The van der Waals surface area contributed by atoms with Gasteiger partial charge in [0, 0.05) is 37.3 Å². The number of hydrogen-bond acceptors (Lipinski definition) is 5. The van der Waals surface area contributed by atoms with Crippen LogP contribution in [0.1, 0.15) is 43.9 Å². The molecule has 0 amide bonds. The van der Waals surface area contributed by atoms with Crippen molar-refractivity contribution in [2.45, 2.75) is 46.6 Å². The molecule has 0 aliphatic carbocycles. The van der Waals surface area contributed by atoms with E-state index < -0.39 is 0 Å². The highest BCUT2D eigenvalue weighted by molar-refractivity contribution is 5.87. The molecule has 3 rings (SSSR count). The van der Waals surface area contributed by atoms with Gasteiger partial charge in [0.1, 0.15) is 16.9 Å². The first-order chi connectivity index (χ1) is 11.6. The molecule has 6 nitrogen and oxygen atoms in total. The van der Waals surface area contributed by atoms with Gasteiger partial charge in [-0.1, -0.05) is 19.9 Å². The van der Waals surface area contributed by atoms with Gasteiger partial charge in [-0.2, -0.15) is 5.10 Å². The van der Waals surface area contributed by atoms with Crippen LogP contribution in [0.2, 0.25) is 0 Å². The zero-order chi connectivity index (χ0) is 17.1. The predicted octanol–water partition coefficient (Wildman–Crippen LogP) is 3.33. The minimum absolute atomic E-state index is 0.273. The van der Waals surface area contributed by atoms with Gasteiger partial charge in [-0.3, -0.25) is 9.67 Å². The largest absolute Gasteiger partial charge is 0.368 e. The van der Waals surface area contributed by atoms with Crippen molar-refractivity contribution < 1.29 is 0 Å². The van der Waals surface area contributed by atoms with Gasteiger partial charge in [0.2, 0.25) is 0 Å². The molecule has 3 heterocycles. The maximum Gasteiger partial charge on any atom is 0.156 e. The highest BCUT2D eigenvalue weighted by Gasteiger charge is 2.17. The molecule has 3 aromatic rings. The molecule has 0 bridgehead atoms. The number of nitrogens with one attached hydrogen (secondary N) is 1. The van der Waals surface area contributed by atoms with E-state index in [2.05, 4.69) is 36.2 Å². The summed E-state index contributed by atoms with van der Waals surface area (Å²) in [6.07, 6.45) is 2.67. The van der Waals surface area contributed by atoms with E-state index in [0.29, 0.717) is 0 Å². The first kappa shape index (κ1) is 16.4. The van der Waals surface area contributed by atoms with Gasteiger partial charge in [0.25, 0.3) is 0 Å². The Bertz CT molecular complexity index is 822. The summed E-state index contributed by atoms with van der Waals surface area (Å²) >= 11 is 0. The molecule has 6 heteroatoms. The number of fused-ring (bicyclic) bond motifs is 1. The number of anilines is 1. The summed E-state index contributed by atoms with van der Waals surface area (Å²) in [5.41, 5.74) is 3.94. The van der Waals surface area contributed by atoms with Gasteiger partial charge >= 0.3 is 0 Å². The first-order valence-electron chi connectivity index (χ1n) is 8.49. The maximum atomic E-state index is 4.75. The molecule has 0 atom stereocenters. The Morgan fingerprint density at radius 1 is 1.21 bits per heavy atom. The van der Waals surface area contributed by atoms with E-state index in [4.69, 9.17) is 9.97 Å². The van der Waals surface area contributed by atoms with Crippen molar-refractivity contribution in [3.8, 4) is 0 Å². The van der Waals surface area contributed by atoms with Crippen LogP contribution in [0.4, 0.5) is 5.82 Å². The Labute approximate surface area is 142 Å². The lowest BCUT2D eigenvalue weighted by molar-refractivity contribution is 0.675. The smallest absolute Gasteiger partial charge is 0.156 e. The van der Waals surface area contributed by atoms with Crippen LogP contribution in [-0.4, -0.2) is 31.3 Å². The second-order valence-corrected chi connectivity index (χ2v) is 6.18. The standard InChI is InChI=1S/C18H24N6/c1-5-24-16-15(13(4)23-24)21-17(12(2)3)22-18(16)20-11-9-14-8-6-7-10-19-14/h6-8,10,12H,5,9,11H2,1-4H3,(H,20,21,22). The molecule has 1 N–H and O–H groups in total. The van der Waals surface area contributed by atoms with Gasteiger partial charge in [0.05, 0.1) is 5.69 Å². The summed E-state index contributed by atoms with van der Waals surface area (Å²) < 4.78 is 1.97. The van der Waals surface area contributed by atoms with E-state index in [9.17, 15) is 0 Å². The SMILES string of the molecule is CCn1nc(C)c2nc(C(C)C)nc(NCCc3ccccn3)c21. The van der Waals surface area contributed by atoms with Crippen molar-refractivity contribution in [3.05, 3.63) is 41.6 Å². The second kappa shape index (κ2) is 6.95. The summed E-state index contributed by atoms with van der Waals surface area (Å²) in [4.78, 5) is 13.8. The molecule has 0 radical (unpaired) electrons. The third-order valence-corrected chi connectivity index (χ3v) is 3.99. The maximum absolute atomic E-state index is 4.75. The summed E-state index contributed by atoms with van der Waals surface area (Å²) in [5.74, 6) is 1.98. The van der Waals surface area contributed by atoms with Crippen molar-refractivity contribution in [3.63, 3.8) is 0 Å². The first-order valence-corrected chi connectivity index (χ1v) is 8.49. The van der Waals surface area contributed by atoms with Gasteiger partial charge in [-0.05, 0) is 26.0 Å². The molecule has 0 unspecified atom stereocenters. The summed E-state index contributed by atoms with van der Waals surface area (Å²) in [6.45, 7) is 9.87. The minimum Gasteiger partial charge on any atom is -0.368 e. The third-order valence-electron chi connectivity index (χ3n) is 3.99. The van der Waals surface area contributed by atoms with E-state index in [0.717, 1.165) is 53.6 Å². The lowest BCUT2D eigenvalue weighted by Crippen LogP contribution is -2.11. The molecule has 24 heavy (non-hydrogen) atoms. The summed E-state index contributed by atoms with van der Waals surface area (Å²) in [6, 6.07) is 5.98. The fraction of sp³-hybridized carbons (Fsp3) is 0.444. The predicted molar refractivity (Wildman–Crippen MR) is 96.3 cm³/mol. The molecule has 126 valence electrons. The van der Waals surface area contributed by atoms with Crippen LogP contribution in [-0.2, 0) is 13.0 Å². The van der Waals surface area contributed by atoms with Crippen LogP contribution in [0.25, 0.3) is 11.0 Å². The topological polar surface area (TPSA) is 68.5 Å². The van der Waals surface area contributed by atoms with Crippen molar-refractivity contribution in [1.29, 1.82) is 0 Å². The number of aryl methyl sites for hydroxylation is 2. The fourth-order valence-electron chi connectivity index (χ4n) is 2.71.